The maximum Gasteiger partial charge on any atom is 0.220 e. The van der Waals surface area contributed by atoms with Crippen molar-refractivity contribution in [3.05, 3.63) is 89.4 Å². The highest BCUT2D eigenvalue weighted by Crippen LogP contribution is 2.31. The summed E-state index contributed by atoms with van der Waals surface area (Å²) >= 11 is 0. The summed E-state index contributed by atoms with van der Waals surface area (Å²) in [6, 6.07) is 18.6. The lowest BCUT2D eigenvalue weighted by atomic mass is 10.0. The standard InChI is InChI=1S/C25H24FN3O/c1-17-8-10-18(11-9-17)16-28-24(30)7-4-5-20-21-15-19(26)12-13-22(21)29-25(20)23-6-2-3-14-27-23/h2-3,6,8-15,29H,4-5,7,16H2,1H3,(H,28,30). The highest BCUT2D eigenvalue weighted by atomic mass is 19.1. The molecule has 5 heteroatoms. The molecule has 0 saturated carbocycles. The average molecular weight is 401 g/mol. The Morgan fingerprint density at radius 2 is 1.93 bits per heavy atom. The van der Waals surface area contributed by atoms with Gasteiger partial charge in [-0.3, -0.25) is 9.78 Å². The summed E-state index contributed by atoms with van der Waals surface area (Å²) in [5.41, 5.74) is 5.84. The number of hydrogen-bond acceptors (Lipinski definition) is 2. The quantitative estimate of drug-likeness (QED) is 0.440. The molecule has 2 aromatic carbocycles. The van der Waals surface area contributed by atoms with E-state index in [-0.39, 0.29) is 11.7 Å². The van der Waals surface area contributed by atoms with Crippen LogP contribution in [0.25, 0.3) is 22.3 Å². The van der Waals surface area contributed by atoms with Crippen LogP contribution in [0.5, 0.6) is 0 Å². The molecule has 30 heavy (non-hydrogen) atoms. The Hall–Kier alpha value is -3.47. The van der Waals surface area contributed by atoms with E-state index in [0.29, 0.717) is 25.8 Å². The van der Waals surface area contributed by atoms with E-state index >= 15 is 0 Å². The number of carbonyl (C=O) groups excluding carboxylic acids is 1. The van der Waals surface area contributed by atoms with E-state index in [9.17, 15) is 9.18 Å². The summed E-state index contributed by atoms with van der Waals surface area (Å²) < 4.78 is 13.9. The molecule has 2 aromatic heterocycles. The van der Waals surface area contributed by atoms with Crippen LogP contribution >= 0.6 is 0 Å². The van der Waals surface area contributed by atoms with Crippen molar-refractivity contribution in [2.45, 2.75) is 32.7 Å². The van der Waals surface area contributed by atoms with Gasteiger partial charge in [0.1, 0.15) is 5.82 Å². The molecule has 4 rings (SSSR count). The molecule has 4 nitrogen and oxygen atoms in total. The Morgan fingerprint density at radius 3 is 2.70 bits per heavy atom. The topological polar surface area (TPSA) is 57.8 Å². The van der Waals surface area contributed by atoms with E-state index in [1.54, 1.807) is 18.3 Å². The first kappa shape index (κ1) is 19.8. The van der Waals surface area contributed by atoms with Gasteiger partial charge in [0.15, 0.2) is 0 Å². The van der Waals surface area contributed by atoms with Gasteiger partial charge < -0.3 is 10.3 Å². The molecule has 0 bridgehead atoms. The van der Waals surface area contributed by atoms with Crippen molar-refractivity contribution in [2.24, 2.45) is 0 Å². The third-order valence-electron chi connectivity index (χ3n) is 5.23. The van der Waals surface area contributed by atoms with Crippen molar-refractivity contribution in [3.8, 4) is 11.4 Å². The van der Waals surface area contributed by atoms with Crippen LogP contribution in [0.4, 0.5) is 4.39 Å². The van der Waals surface area contributed by atoms with E-state index in [1.165, 1.54) is 11.6 Å². The Morgan fingerprint density at radius 1 is 1.10 bits per heavy atom. The number of pyridine rings is 1. The van der Waals surface area contributed by atoms with Gasteiger partial charge in [0.2, 0.25) is 5.91 Å². The summed E-state index contributed by atoms with van der Waals surface area (Å²) in [5.74, 6) is -0.257. The molecule has 0 aliphatic rings. The monoisotopic (exact) mass is 401 g/mol. The minimum absolute atomic E-state index is 0.0148. The number of H-pyrrole nitrogens is 1. The Labute approximate surface area is 175 Å². The first-order valence-electron chi connectivity index (χ1n) is 10.1. The zero-order valence-electron chi connectivity index (χ0n) is 16.9. The lowest BCUT2D eigenvalue weighted by molar-refractivity contribution is -0.121. The third kappa shape index (κ3) is 4.57. The number of carbonyl (C=O) groups is 1. The highest BCUT2D eigenvalue weighted by molar-refractivity contribution is 5.90. The normalized spacial score (nSPS) is 11.0. The minimum atomic E-state index is -0.272. The maximum atomic E-state index is 13.9. The fourth-order valence-corrected chi connectivity index (χ4v) is 3.63. The molecule has 0 spiro atoms. The molecule has 2 heterocycles. The van der Waals surface area contributed by atoms with Gasteiger partial charge in [0.25, 0.3) is 0 Å². The largest absolute Gasteiger partial charge is 0.353 e. The molecule has 4 aromatic rings. The van der Waals surface area contributed by atoms with Gasteiger partial charge in [0.05, 0.1) is 11.4 Å². The number of nitrogens with zero attached hydrogens (tertiary/aromatic N) is 1. The molecule has 152 valence electrons. The lowest BCUT2D eigenvalue weighted by Crippen LogP contribution is -2.22. The molecule has 0 atom stereocenters. The fraction of sp³-hybridized carbons (Fsp3) is 0.200. The highest BCUT2D eigenvalue weighted by Gasteiger charge is 2.15. The molecule has 0 saturated heterocycles. The lowest BCUT2D eigenvalue weighted by Gasteiger charge is -2.07. The second kappa shape index (κ2) is 8.91. The second-order valence-corrected chi connectivity index (χ2v) is 7.50. The molecular weight excluding hydrogens is 377 g/mol. The van der Waals surface area contributed by atoms with Crippen LogP contribution in [-0.4, -0.2) is 15.9 Å². The van der Waals surface area contributed by atoms with Gasteiger partial charge in [-0.2, -0.15) is 0 Å². The molecular formula is C25H24FN3O. The molecule has 0 unspecified atom stereocenters. The van der Waals surface area contributed by atoms with Crippen LogP contribution in [0.2, 0.25) is 0 Å². The number of aromatic nitrogens is 2. The molecule has 2 N–H and O–H groups in total. The molecule has 1 amide bonds. The zero-order chi connectivity index (χ0) is 20.9. The smallest absolute Gasteiger partial charge is 0.220 e. The number of hydrogen-bond donors (Lipinski definition) is 2. The Kier molecular flexibility index (Phi) is 5.89. The summed E-state index contributed by atoms with van der Waals surface area (Å²) in [4.78, 5) is 20.1. The number of rotatable bonds is 7. The van der Waals surface area contributed by atoms with Crippen molar-refractivity contribution >= 4 is 16.8 Å². The van der Waals surface area contributed by atoms with Crippen LogP contribution in [0.3, 0.4) is 0 Å². The summed E-state index contributed by atoms with van der Waals surface area (Å²) in [5, 5.41) is 3.82. The molecule has 0 aliphatic carbocycles. The van der Waals surface area contributed by atoms with E-state index in [0.717, 1.165) is 33.4 Å². The molecule has 0 aliphatic heterocycles. The number of halogens is 1. The first-order chi connectivity index (χ1) is 14.6. The predicted octanol–water partition coefficient (Wildman–Crippen LogP) is 5.32. The van der Waals surface area contributed by atoms with E-state index in [1.807, 2.05) is 49.4 Å². The number of amides is 1. The van der Waals surface area contributed by atoms with Gasteiger partial charge in [-0.05, 0) is 61.2 Å². The van der Waals surface area contributed by atoms with Crippen molar-refractivity contribution in [3.63, 3.8) is 0 Å². The predicted molar refractivity (Wildman–Crippen MR) is 117 cm³/mol. The van der Waals surface area contributed by atoms with E-state index in [2.05, 4.69) is 15.3 Å². The minimum Gasteiger partial charge on any atom is -0.353 e. The van der Waals surface area contributed by atoms with E-state index in [4.69, 9.17) is 0 Å². The summed E-state index contributed by atoms with van der Waals surface area (Å²) in [6.45, 7) is 2.56. The number of aromatic amines is 1. The van der Waals surface area contributed by atoms with Crippen molar-refractivity contribution in [1.82, 2.24) is 15.3 Å². The van der Waals surface area contributed by atoms with Crippen LogP contribution in [0.15, 0.2) is 66.9 Å². The van der Waals surface area contributed by atoms with Gasteiger partial charge in [-0.15, -0.1) is 0 Å². The van der Waals surface area contributed by atoms with Crippen molar-refractivity contribution < 1.29 is 9.18 Å². The molecule has 0 fully saturated rings. The Bertz CT molecular complexity index is 1150. The van der Waals surface area contributed by atoms with Gasteiger partial charge in [-0.25, -0.2) is 4.39 Å². The Balaban J connectivity index is 1.44. The first-order valence-corrected chi connectivity index (χ1v) is 10.1. The van der Waals surface area contributed by atoms with Crippen LogP contribution in [0, 0.1) is 12.7 Å². The third-order valence-corrected chi connectivity index (χ3v) is 5.23. The van der Waals surface area contributed by atoms with E-state index < -0.39 is 0 Å². The SMILES string of the molecule is Cc1ccc(CNC(=O)CCCc2c(-c3ccccn3)[nH]c3ccc(F)cc23)cc1. The summed E-state index contributed by atoms with van der Waals surface area (Å²) in [6.07, 6.45) is 3.48. The van der Waals surface area contributed by atoms with Gasteiger partial charge >= 0.3 is 0 Å². The maximum absolute atomic E-state index is 13.9. The average Bonchev–Trinajstić information content (AvgIpc) is 3.12. The van der Waals surface area contributed by atoms with Gasteiger partial charge in [0, 0.05) is 30.1 Å². The zero-order valence-corrected chi connectivity index (χ0v) is 16.9. The van der Waals surface area contributed by atoms with Crippen LogP contribution in [0.1, 0.15) is 29.5 Å². The van der Waals surface area contributed by atoms with Crippen molar-refractivity contribution in [2.75, 3.05) is 0 Å². The number of fused-ring (bicyclic) bond motifs is 1. The molecule has 0 radical (unpaired) electrons. The number of nitrogens with one attached hydrogen (secondary N) is 2. The number of benzene rings is 2. The fourth-order valence-electron chi connectivity index (χ4n) is 3.63. The van der Waals surface area contributed by atoms with Gasteiger partial charge in [-0.1, -0.05) is 35.9 Å². The van der Waals surface area contributed by atoms with Crippen LogP contribution < -0.4 is 5.32 Å². The second-order valence-electron chi connectivity index (χ2n) is 7.50. The van der Waals surface area contributed by atoms with Crippen LogP contribution in [-0.2, 0) is 17.8 Å². The van der Waals surface area contributed by atoms with Crippen molar-refractivity contribution in [1.29, 1.82) is 0 Å². The summed E-state index contributed by atoms with van der Waals surface area (Å²) in [7, 11) is 0. The number of aryl methyl sites for hydroxylation is 2.